The van der Waals surface area contributed by atoms with Gasteiger partial charge in [-0.15, -0.1) is 0 Å². The summed E-state index contributed by atoms with van der Waals surface area (Å²) in [5.74, 6) is 0.304. The number of aliphatic hydroxyl groups is 4. The number of rotatable bonds is 4. The van der Waals surface area contributed by atoms with E-state index in [-0.39, 0.29) is 6.10 Å². The predicted octanol–water partition coefficient (Wildman–Crippen LogP) is 0.104. The Kier molecular flexibility index (Phi) is 5.76. The topological polar surface area (TPSA) is 99.4 Å². The summed E-state index contributed by atoms with van der Waals surface area (Å²) < 4.78 is 11.2. The highest BCUT2D eigenvalue weighted by Crippen LogP contribution is 2.32. The van der Waals surface area contributed by atoms with Crippen LogP contribution in [-0.4, -0.2) is 63.8 Å². The Morgan fingerprint density at radius 3 is 2.59 bits per heavy atom. The molecule has 0 spiro atoms. The number of allylic oxidation sites excluding steroid dienone is 2. The summed E-state index contributed by atoms with van der Waals surface area (Å²) >= 11 is 0. The van der Waals surface area contributed by atoms with Crippen LogP contribution < -0.4 is 0 Å². The number of aliphatic hydroxyl groups excluding tert-OH is 4. The molecule has 4 N–H and O–H groups in total. The largest absolute Gasteiger partial charge is 0.394 e. The average molecular weight is 314 g/mol. The lowest BCUT2D eigenvalue weighted by atomic mass is 9.84. The molecule has 1 aliphatic heterocycles. The molecule has 1 aliphatic carbocycles. The van der Waals surface area contributed by atoms with E-state index in [0.29, 0.717) is 5.92 Å². The maximum absolute atomic E-state index is 10.0. The van der Waals surface area contributed by atoms with Crippen LogP contribution in [0.15, 0.2) is 23.8 Å². The third-order valence-electron chi connectivity index (χ3n) is 4.57. The molecule has 0 amide bonds. The quantitative estimate of drug-likeness (QED) is 0.550. The first kappa shape index (κ1) is 17.6. The SMILES string of the molecule is C=C(C)[C@H]1CC=C(C)[C@H](O[C@@H]2O[C@H](CO)[C@@H](O)[C@H](O)[C@H]2O)C1. The fourth-order valence-electron chi connectivity index (χ4n) is 2.91. The lowest BCUT2D eigenvalue weighted by molar-refractivity contribution is -0.309. The monoisotopic (exact) mass is 314 g/mol. The molecule has 1 saturated heterocycles. The molecule has 126 valence electrons. The second-order valence-corrected chi connectivity index (χ2v) is 6.28. The van der Waals surface area contributed by atoms with E-state index in [4.69, 9.17) is 9.47 Å². The van der Waals surface area contributed by atoms with Gasteiger partial charge in [0.2, 0.25) is 0 Å². The van der Waals surface area contributed by atoms with Crippen LogP contribution in [-0.2, 0) is 9.47 Å². The van der Waals surface area contributed by atoms with Crippen molar-refractivity contribution < 1.29 is 29.9 Å². The Hall–Kier alpha value is -0.760. The number of ether oxygens (including phenoxy) is 2. The third-order valence-corrected chi connectivity index (χ3v) is 4.57. The zero-order valence-electron chi connectivity index (χ0n) is 13.1. The molecule has 0 saturated carbocycles. The summed E-state index contributed by atoms with van der Waals surface area (Å²) in [5, 5.41) is 38.8. The molecule has 0 unspecified atom stereocenters. The zero-order chi connectivity index (χ0) is 16.4. The van der Waals surface area contributed by atoms with Gasteiger partial charge < -0.3 is 29.9 Å². The van der Waals surface area contributed by atoms with Crippen LogP contribution in [0.1, 0.15) is 26.7 Å². The van der Waals surface area contributed by atoms with Crippen LogP contribution in [0.3, 0.4) is 0 Å². The van der Waals surface area contributed by atoms with Crippen LogP contribution in [0, 0.1) is 5.92 Å². The van der Waals surface area contributed by atoms with Crippen molar-refractivity contribution in [2.45, 2.75) is 63.5 Å². The van der Waals surface area contributed by atoms with Gasteiger partial charge in [0.25, 0.3) is 0 Å². The molecule has 2 rings (SSSR count). The minimum Gasteiger partial charge on any atom is -0.394 e. The summed E-state index contributed by atoms with van der Waals surface area (Å²) in [4.78, 5) is 0. The van der Waals surface area contributed by atoms with E-state index < -0.39 is 37.3 Å². The normalized spacial score (nSPS) is 42.8. The molecule has 6 heteroatoms. The van der Waals surface area contributed by atoms with Crippen molar-refractivity contribution in [1.29, 1.82) is 0 Å². The second kappa shape index (κ2) is 7.21. The maximum atomic E-state index is 10.0. The standard InChI is InChI=1S/C16H26O6/c1-8(2)10-5-4-9(3)11(6-10)21-16-15(20)14(19)13(18)12(7-17)22-16/h4,10-20H,1,5-7H2,2-3H3/t10-,11+,12+,13+,14-,15+,16+/m0/s1. The highest BCUT2D eigenvalue weighted by Gasteiger charge is 2.45. The lowest BCUT2D eigenvalue weighted by Crippen LogP contribution is -2.59. The molecule has 2 aliphatic rings. The molecule has 1 fully saturated rings. The van der Waals surface area contributed by atoms with Crippen molar-refractivity contribution in [1.82, 2.24) is 0 Å². The van der Waals surface area contributed by atoms with Crippen LogP contribution >= 0.6 is 0 Å². The van der Waals surface area contributed by atoms with Crippen molar-refractivity contribution in [3.63, 3.8) is 0 Å². The van der Waals surface area contributed by atoms with E-state index in [0.717, 1.165) is 24.0 Å². The van der Waals surface area contributed by atoms with Gasteiger partial charge in [-0.25, -0.2) is 0 Å². The highest BCUT2D eigenvalue weighted by molar-refractivity contribution is 5.15. The first-order valence-corrected chi connectivity index (χ1v) is 7.63. The van der Waals surface area contributed by atoms with E-state index in [1.165, 1.54) is 0 Å². The fraction of sp³-hybridized carbons (Fsp3) is 0.750. The summed E-state index contributed by atoms with van der Waals surface area (Å²) in [7, 11) is 0. The van der Waals surface area contributed by atoms with Gasteiger partial charge in [0.15, 0.2) is 6.29 Å². The Bertz CT molecular complexity index is 432. The van der Waals surface area contributed by atoms with Crippen molar-refractivity contribution >= 4 is 0 Å². The summed E-state index contributed by atoms with van der Waals surface area (Å²) in [6.45, 7) is 7.44. The van der Waals surface area contributed by atoms with E-state index >= 15 is 0 Å². The fourth-order valence-corrected chi connectivity index (χ4v) is 2.91. The average Bonchev–Trinajstić information content (AvgIpc) is 2.49. The van der Waals surface area contributed by atoms with Gasteiger partial charge in [-0.2, -0.15) is 0 Å². The first-order chi connectivity index (χ1) is 10.3. The lowest BCUT2D eigenvalue weighted by Gasteiger charge is -2.42. The van der Waals surface area contributed by atoms with Crippen molar-refractivity contribution in [3.05, 3.63) is 23.8 Å². The van der Waals surface area contributed by atoms with Gasteiger partial charge in [-0.1, -0.05) is 18.2 Å². The number of hydrogen-bond acceptors (Lipinski definition) is 6. The van der Waals surface area contributed by atoms with Crippen LogP contribution in [0.5, 0.6) is 0 Å². The molecule has 0 aromatic rings. The summed E-state index contributed by atoms with van der Waals surface area (Å²) in [6.07, 6.45) is -2.72. The Morgan fingerprint density at radius 2 is 2.00 bits per heavy atom. The molecule has 1 heterocycles. The summed E-state index contributed by atoms with van der Waals surface area (Å²) in [6, 6.07) is 0. The molecule has 0 aromatic carbocycles. The molecule has 7 atom stereocenters. The molecule has 0 bridgehead atoms. The summed E-state index contributed by atoms with van der Waals surface area (Å²) in [5.41, 5.74) is 2.11. The van der Waals surface area contributed by atoms with Crippen LogP contribution in [0.2, 0.25) is 0 Å². The molecular weight excluding hydrogens is 288 g/mol. The van der Waals surface area contributed by atoms with Crippen LogP contribution in [0.25, 0.3) is 0 Å². The predicted molar refractivity (Wildman–Crippen MR) is 79.9 cm³/mol. The van der Waals surface area contributed by atoms with Crippen LogP contribution in [0.4, 0.5) is 0 Å². The minimum absolute atomic E-state index is 0.253. The minimum atomic E-state index is -1.42. The van der Waals surface area contributed by atoms with Gasteiger partial charge in [-0.05, 0) is 38.2 Å². The zero-order valence-corrected chi connectivity index (χ0v) is 13.1. The van der Waals surface area contributed by atoms with Gasteiger partial charge in [0, 0.05) is 0 Å². The maximum Gasteiger partial charge on any atom is 0.187 e. The molecule has 0 radical (unpaired) electrons. The van der Waals surface area contributed by atoms with E-state index in [1.807, 2.05) is 13.8 Å². The second-order valence-electron chi connectivity index (χ2n) is 6.28. The molecular formula is C16H26O6. The van der Waals surface area contributed by atoms with Crippen molar-refractivity contribution in [3.8, 4) is 0 Å². The molecule has 22 heavy (non-hydrogen) atoms. The van der Waals surface area contributed by atoms with E-state index in [1.54, 1.807) is 0 Å². The Labute approximate surface area is 130 Å². The Balaban J connectivity index is 2.06. The molecule has 0 aromatic heterocycles. The number of hydrogen-bond donors (Lipinski definition) is 4. The van der Waals surface area contributed by atoms with Crippen molar-refractivity contribution in [2.24, 2.45) is 5.92 Å². The third kappa shape index (κ3) is 3.59. The molecule has 6 nitrogen and oxygen atoms in total. The van der Waals surface area contributed by atoms with Gasteiger partial charge >= 0.3 is 0 Å². The van der Waals surface area contributed by atoms with Gasteiger partial charge in [0.1, 0.15) is 24.4 Å². The Morgan fingerprint density at radius 1 is 1.32 bits per heavy atom. The van der Waals surface area contributed by atoms with E-state index in [9.17, 15) is 20.4 Å². The first-order valence-electron chi connectivity index (χ1n) is 7.63. The van der Waals surface area contributed by atoms with Gasteiger partial charge in [-0.3, -0.25) is 0 Å². The smallest absolute Gasteiger partial charge is 0.187 e. The van der Waals surface area contributed by atoms with Crippen molar-refractivity contribution in [2.75, 3.05) is 6.61 Å². The van der Waals surface area contributed by atoms with Gasteiger partial charge in [0.05, 0.1) is 12.7 Å². The van der Waals surface area contributed by atoms with E-state index in [2.05, 4.69) is 12.7 Å². The highest BCUT2D eigenvalue weighted by atomic mass is 16.7.